The Balaban J connectivity index is 1.51. The van der Waals surface area contributed by atoms with Gasteiger partial charge in [0.1, 0.15) is 12.2 Å². The van der Waals surface area contributed by atoms with Gasteiger partial charge in [0.25, 0.3) is 0 Å². The Labute approximate surface area is 189 Å². The van der Waals surface area contributed by atoms with E-state index in [1.807, 2.05) is 16.8 Å². The van der Waals surface area contributed by atoms with Crippen molar-refractivity contribution < 1.29 is 19.1 Å². The molecule has 2 aromatic rings. The molecule has 0 aromatic carbocycles. The lowest BCUT2D eigenvalue weighted by Crippen LogP contribution is -2.50. The lowest BCUT2D eigenvalue weighted by atomic mass is 10.1. The third kappa shape index (κ3) is 6.92. The summed E-state index contributed by atoms with van der Waals surface area (Å²) in [6.07, 6.45) is 4.68. The summed E-state index contributed by atoms with van der Waals surface area (Å²) >= 11 is 0. The molecule has 0 bridgehead atoms. The summed E-state index contributed by atoms with van der Waals surface area (Å²) in [6, 6.07) is 2.45. The van der Waals surface area contributed by atoms with Gasteiger partial charge in [0, 0.05) is 40.0 Å². The molecule has 1 aliphatic rings. The number of rotatable bonds is 8. The minimum Gasteiger partial charge on any atom is -0.450 e. The number of aromatic nitrogens is 3. The van der Waals surface area contributed by atoms with E-state index in [0.717, 1.165) is 25.5 Å². The second kappa shape index (κ2) is 10.8. The molecule has 3 amide bonds. The van der Waals surface area contributed by atoms with Gasteiger partial charge in [-0.25, -0.2) is 19.6 Å². The molecule has 3 heterocycles. The zero-order valence-electron chi connectivity index (χ0n) is 19.4. The average molecular weight is 463 g/mol. The molecule has 0 spiro atoms. The van der Waals surface area contributed by atoms with Gasteiger partial charge in [0.05, 0.1) is 12.8 Å². The van der Waals surface area contributed by atoms with Gasteiger partial charge < -0.3 is 24.3 Å². The van der Waals surface area contributed by atoms with Gasteiger partial charge in [-0.05, 0) is 31.9 Å². The molecule has 2 aromatic heterocycles. The third-order valence-electron chi connectivity index (χ3n) is 5.21. The van der Waals surface area contributed by atoms with E-state index in [2.05, 4.69) is 40.2 Å². The number of hydrogen-bond donors (Lipinski definition) is 2. The zero-order chi connectivity index (χ0) is 23.1. The Morgan fingerprint density at radius 1 is 1.31 bits per heavy atom. The zero-order valence-corrected chi connectivity index (χ0v) is 20.4. The Bertz CT molecular complexity index is 929. The van der Waals surface area contributed by atoms with Crippen LogP contribution in [0, 0.1) is 0 Å². The predicted molar refractivity (Wildman–Crippen MR) is 125 cm³/mol. The summed E-state index contributed by atoms with van der Waals surface area (Å²) < 4.78 is 12.8. The number of carbonyl (C=O) groups excluding carboxylic acids is 2. The molecule has 0 aliphatic carbocycles. The second-order valence-corrected chi connectivity index (χ2v) is 14.8. The van der Waals surface area contributed by atoms with Crippen LogP contribution in [-0.2, 0) is 16.2 Å². The summed E-state index contributed by atoms with van der Waals surface area (Å²) in [7, 11) is -1.12. The summed E-state index contributed by atoms with van der Waals surface area (Å²) in [5.41, 5.74) is 1.39. The van der Waals surface area contributed by atoms with E-state index in [0.29, 0.717) is 43.4 Å². The Hall–Kier alpha value is -2.66. The van der Waals surface area contributed by atoms with Crippen LogP contribution in [0.15, 0.2) is 18.5 Å². The van der Waals surface area contributed by atoms with E-state index in [1.165, 1.54) is 6.20 Å². The molecule has 1 fully saturated rings. The van der Waals surface area contributed by atoms with Crippen LogP contribution >= 0.6 is 0 Å². The van der Waals surface area contributed by atoms with Crippen molar-refractivity contribution >= 4 is 37.2 Å². The lowest BCUT2D eigenvalue weighted by molar-refractivity contribution is 0.0898. The van der Waals surface area contributed by atoms with E-state index in [9.17, 15) is 9.59 Å². The highest BCUT2D eigenvalue weighted by molar-refractivity contribution is 6.76. The van der Waals surface area contributed by atoms with Gasteiger partial charge in [-0.15, -0.1) is 0 Å². The largest absolute Gasteiger partial charge is 0.450 e. The fourth-order valence-corrected chi connectivity index (χ4v) is 4.24. The van der Waals surface area contributed by atoms with E-state index in [4.69, 9.17) is 9.47 Å². The van der Waals surface area contributed by atoms with Crippen molar-refractivity contribution in [3.8, 4) is 0 Å². The molecular weight excluding hydrogens is 428 g/mol. The van der Waals surface area contributed by atoms with Crippen molar-refractivity contribution in [2.45, 2.75) is 58.2 Å². The predicted octanol–water partition coefficient (Wildman–Crippen LogP) is 3.49. The van der Waals surface area contributed by atoms with E-state index in [1.54, 1.807) is 11.8 Å². The van der Waals surface area contributed by atoms with Crippen molar-refractivity contribution in [3.63, 3.8) is 0 Å². The molecule has 11 heteroatoms. The second-order valence-electron chi connectivity index (χ2n) is 9.18. The number of likely N-dealkylation sites (tertiary alicyclic amines) is 1. The smallest absolute Gasteiger partial charge is 0.409 e. The Morgan fingerprint density at radius 3 is 2.88 bits per heavy atom. The van der Waals surface area contributed by atoms with E-state index < -0.39 is 8.07 Å². The van der Waals surface area contributed by atoms with Crippen LogP contribution in [0.2, 0.25) is 25.7 Å². The van der Waals surface area contributed by atoms with Crippen molar-refractivity contribution in [3.05, 3.63) is 18.5 Å². The molecule has 1 saturated heterocycles. The van der Waals surface area contributed by atoms with Crippen molar-refractivity contribution in [1.82, 2.24) is 24.8 Å². The maximum atomic E-state index is 12.4. The van der Waals surface area contributed by atoms with Crippen molar-refractivity contribution in [2.24, 2.45) is 0 Å². The normalized spacial score (nSPS) is 16.8. The lowest BCUT2D eigenvalue weighted by Gasteiger charge is -2.32. The number of nitrogens with zero attached hydrogens (tertiary/aromatic N) is 4. The van der Waals surface area contributed by atoms with E-state index in [-0.39, 0.29) is 18.2 Å². The molecule has 32 heavy (non-hydrogen) atoms. The quantitative estimate of drug-likeness (QED) is 0.459. The number of anilines is 1. The molecule has 1 atom stereocenters. The SMILES string of the molecule is CCOC(=O)N1CCCC(NC(=O)Nc2cnc3c(ccn3COCC[Si](C)(C)C)n2)C1. The molecule has 0 saturated carbocycles. The summed E-state index contributed by atoms with van der Waals surface area (Å²) in [4.78, 5) is 34.9. The molecule has 3 rings (SSSR count). The van der Waals surface area contributed by atoms with E-state index >= 15 is 0 Å². The molecule has 10 nitrogen and oxygen atoms in total. The van der Waals surface area contributed by atoms with Crippen molar-refractivity contribution in [2.75, 3.05) is 31.6 Å². The fraction of sp³-hybridized carbons (Fsp3) is 0.619. The fourth-order valence-electron chi connectivity index (χ4n) is 3.48. The monoisotopic (exact) mass is 462 g/mol. The first-order valence-electron chi connectivity index (χ1n) is 11.1. The number of carbonyl (C=O) groups is 2. The van der Waals surface area contributed by atoms with Crippen LogP contribution in [0.5, 0.6) is 0 Å². The van der Waals surface area contributed by atoms with Crippen LogP contribution in [-0.4, -0.2) is 72.0 Å². The number of urea groups is 1. The minimum atomic E-state index is -1.12. The summed E-state index contributed by atoms with van der Waals surface area (Å²) in [6.45, 7) is 11.3. The van der Waals surface area contributed by atoms with Gasteiger partial charge in [0.15, 0.2) is 11.5 Å². The maximum Gasteiger partial charge on any atom is 0.409 e. The van der Waals surface area contributed by atoms with Gasteiger partial charge >= 0.3 is 12.1 Å². The molecular formula is C21H34N6O4Si. The number of nitrogens with one attached hydrogen (secondary N) is 2. The number of fused-ring (bicyclic) bond motifs is 1. The highest BCUT2D eigenvalue weighted by Gasteiger charge is 2.25. The maximum absolute atomic E-state index is 12.4. The molecule has 1 unspecified atom stereocenters. The number of ether oxygens (including phenoxy) is 2. The molecule has 0 radical (unpaired) electrons. The van der Waals surface area contributed by atoms with Crippen LogP contribution < -0.4 is 10.6 Å². The van der Waals surface area contributed by atoms with Crippen LogP contribution in [0.1, 0.15) is 19.8 Å². The number of amides is 3. The van der Waals surface area contributed by atoms with Crippen LogP contribution in [0.25, 0.3) is 11.2 Å². The van der Waals surface area contributed by atoms with Crippen LogP contribution in [0.3, 0.4) is 0 Å². The first kappa shape index (κ1) is 24.0. The Morgan fingerprint density at radius 2 is 2.12 bits per heavy atom. The van der Waals surface area contributed by atoms with Gasteiger partial charge in [0.2, 0.25) is 0 Å². The average Bonchev–Trinajstić information content (AvgIpc) is 3.13. The van der Waals surface area contributed by atoms with Gasteiger partial charge in [-0.2, -0.15) is 0 Å². The molecule has 2 N–H and O–H groups in total. The third-order valence-corrected chi connectivity index (χ3v) is 6.92. The summed E-state index contributed by atoms with van der Waals surface area (Å²) in [5, 5.41) is 5.64. The minimum absolute atomic E-state index is 0.140. The highest BCUT2D eigenvalue weighted by atomic mass is 28.3. The first-order chi connectivity index (χ1) is 15.2. The first-order valence-corrected chi connectivity index (χ1v) is 14.8. The topological polar surface area (TPSA) is 111 Å². The number of piperidine rings is 1. The van der Waals surface area contributed by atoms with Crippen LogP contribution in [0.4, 0.5) is 15.4 Å². The standard InChI is InChI=1S/C21H34N6O4Si/c1-5-31-21(29)26-9-6-7-16(14-26)23-20(28)25-18-13-22-19-17(24-18)8-10-27(19)15-30-11-12-32(2,3)4/h8,10,13,16H,5-7,9,11-12,14-15H2,1-4H3,(H2,23,24,25,28). The Kier molecular flexibility index (Phi) is 8.08. The summed E-state index contributed by atoms with van der Waals surface area (Å²) in [5.74, 6) is 0.366. The van der Waals surface area contributed by atoms with Crippen molar-refractivity contribution in [1.29, 1.82) is 0 Å². The van der Waals surface area contributed by atoms with Gasteiger partial charge in [-0.1, -0.05) is 19.6 Å². The number of hydrogen-bond acceptors (Lipinski definition) is 6. The van der Waals surface area contributed by atoms with Gasteiger partial charge in [-0.3, -0.25) is 5.32 Å². The molecule has 1 aliphatic heterocycles. The highest BCUT2D eigenvalue weighted by Crippen LogP contribution is 2.15. The molecule has 176 valence electrons.